The molecule has 1 aromatic carbocycles. The molecule has 4 heteroatoms. The topological polar surface area (TPSA) is 23.8 Å². The summed E-state index contributed by atoms with van der Waals surface area (Å²) in [5, 5.41) is 8.74. The van der Waals surface area contributed by atoms with Gasteiger partial charge in [-0.15, -0.1) is 0 Å². The van der Waals surface area contributed by atoms with E-state index < -0.39 is 5.82 Å². The van der Waals surface area contributed by atoms with Crippen LogP contribution in [-0.2, 0) is 6.42 Å². The van der Waals surface area contributed by atoms with Crippen molar-refractivity contribution in [2.75, 3.05) is 0 Å². The lowest BCUT2D eigenvalue weighted by Crippen LogP contribution is -1.92. The third-order valence-electron chi connectivity index (χ3n) is 1.36. The molecular formula is C8H4ClFIN. The number of halogens is 3. The smallest absolute Gasteiger partial charge is 0.129 e. The Hall–Kier alpha value is -0.340. The van der Waals surface area contributed by atoms with E-state index in [1.807, 2.05) is 28.7 Å². The van der Waals surface area contributed by atoms with Gasteiger partial charge in [0.15, 0.2) is 0 Å². The first-order chi connectivity index (χ1) is 5.65. The first-order valence-electron chi connectivity index (χ1n) is 3.15. The second-order valence-electron chi connectivity index (χ2n) is 2.18. The van der Waals surface area contributed by atoms with Crippen LogP contribution in [0.15, 0.2) is 12.1 Å². The van der Waals surface area contributed by atoms with Crippen molar-refractivity contribution < 1.29 is 4.39 Å². The standard InChI is InChI=1S/C8H4ClFIN/c9-5-3-7(10)6(1-2-12)8(11)4-5/h3-4H,1H2. The minimum absolute atomic E-state index is 0.0846. The maximum absolute atomic E-state index is 13.1. The molecule has 0 amide bonds. The van der Waals surface area contributed by atoms with Crippen molar-refractivity contribution in [2.45, 2.75) is 6.42 Å². The van der Waals surface area contributed by atoms with Crippen LogP contribution in [0.2, 0.25) is 5.02 Å². The molecule has 12 heavy (non-hydrogen) atoms. The number of hydrogen-bond donors (Lipinski definition) is 0. The first-order valence-corrected chi connectivity index (χ1v) is 4.61. The SMILES string of the molecule is N#CCc1c(F)cc(Cl)cc1I. The van der Waals surface area contributed by atoms with E-state index in [9.17, 15) is 4.39 Å². The Bertz CT molecular complexity index is 322. The molecule has 0 saturated carbocycles. The van der Waals surface area contributed by atoms with Gasteiger partial charge in [-0.2, -0.15) is 5.26 Å². The Morgan fingerprint density at radius 2 is 2.25 bits per heavy atom. The molecule has 0 aliphatic rings. The second-order valence-corrected chi connectivity index (χ2v) is 3.78. The fraction of sp³-hybridized carbons (Fsp3) is 0.125. The summed E-state index contributed by atoms with van der Waals surface area (Å²) < 4.78 is 13.8. The summed E-state index contributed by atoms with van der Waals surface area (Å²) in [5.41, 5.74) is 0.419. The van der Waals surface area contributed by atoms with E-state index >= 15 is 0 Å². The predicted octanol–water partition coefficient (Wildman–Crippen LogP) is 3.15. The van der Waals surface area contributed by atoms with Crippen LogP contribution in [0.5, 0.6) is 0 Å². The quantitative estimate of drug-likeness (QED) is 0.730. The Morgan fingerprint density at radius 3 is 2.75 bits per heavy atom. The van der Waals surface area contributed by atoms with Crippen LogP contribution in [0.4, 0.5) is 4.39 Å². The fourth-order valence-electron chi connectivity index (χ4n) is 0.820. The third-order valence-corrected chi connectivity index (χ3v) is 2.54. The van der Waals surface area contributed by atoms with Gasteiger partial charge in [0.25, 0.3) is 0 Å². The van der Waals surface area contributed by atoms with Crippen molar-refractivity contribution in [3.8, 4) is 6.07 Å². The molecule has 1 nitrogen and oxygen atoms in total. The molecule has 0 atom stereocenters. The lowest BCUT2D eigenvalue weighted by Gasteiger charge is -2.01. The molecule has 0 fully saturated rings. The van der Waals surface area contributed by atoms with Crippen molar-refractivity contribution in [1.29, 1.82) is 5.26 Å². The molecule has 0 heterocycles. The van der Waals surface area contributed by atoms with Gasteiger partial charge in [-0.3, -0.25) is 0 Å². The van der Waals surface area contributed by atoms with Crippen LogP contribution >= 0.6 is 34.2 Å². The summed E-state index contributed by atoms with van der Waals surface area (Å²) >= 11 is 7.55. The molecule has 0 aliphatic heterocycles. The predicted molar refractivity (Wildman–Crippen MR) is 53.4 cm³/mol. The Morgan fingerprint density at radius 1 is 1.58 bits per heavy atom. The first kappa shape index (κ1) is 9.75. The lowest BCUT2D eigenvalue weighted by atomic mass is 10.1. The van der Waals surface area contributed by atoms with Gasteiger partial charge in [-0.1, -0.05) is 11.6 Å². The average Bonchev–Trinajstić information content (AvgIpc) is 1.96. The molecule has 0 spiro atoms. The van der Waals surface area contributed by atoms with Crippen LogP contribution in [0.25, 0.3) is 0 Å². The minimum Gasteiger partial charge on any atom is -0.207 e. The van der Waals surface area contributed by atoms with Crippen molar-refractivity contribution in [1.82, 2.24) is 0 Å². The summed E-state index contributed by atoms with van der Waals surface area (Å²) in [5.74, 6) is -0.409. The molecule has 0 radical (unpaired) electrons. The average molecular weight is 295 g/mol. The molecule has 62 valence electrons. The maximum atomic E-state index is 13.1. The van der Waals surface area contributed by atoms with E-state index in [2.05, 4.69) is 0 Å². The zero-order chi connectivity index (χ0) is 9.14. The zero-order valence-corrected chi connectivity index (χ0v) is 8.86. The Labute approximate surface area is 88.3 Å². The van der Waals surface area contributed by atoms with Crippen molar-refractivity contribution >= 4 is 34.2 Å². The number of hydrogen-bond acceptors (Lipinski definition) is 1. The molecule has 0 unspecified atom stereocenters. The Balaban J connectivity index is 3.21. The van der Waals surface area contributed by atoms with Gasteiger partial charge in [-0.05, 0) is 34.7 Å². The van der Waals surface area contributed by atoms with Crippen LogP contribution in [0.3, 0.4) is 0 Å². The van der Waals surface area contributed by atoms with Crippen LogP contribution in [0, 0.1) is 20.7 Å². The van der Waals surface area contributed by atoms with E-state index in [0.29, 0.717) is 14.2 Å². The largest absolute Gasteiger partial charge is 0.207 e. The van der Waals surface area contributed by atoms with Gasteiger partial charge in [0.05, 0.1) is 12.5 Å². The normalized spacial score (nSPS) is 9.50. The van der Waals surface area contributed by atoms with Crippen molar-refractivity contribution in [2.24, 2.45) is 0 Å². The van der Waals surface area contributed by atoms with E-state index in [1.165, 1.54) is 6.07 Å². The number of nitriles is 1. The highest BCUT2D eigenvalue weighted by atomic mass is 127. The second kappa shape index (κ2) is 4.06. The molecule has 0 N–H and O–H groups in total. The van der Waals surface area contributed by atoms with Crippen molar-refractivity contribution in [3.63, 3.8) is 0 Å². The van der Waals surface area contributed by atoms with Gasteiger partial charge in [0.2, 0.25) is 0 Å². The Kier molecular flexibility index (Phi) is 3.29. The molecule has 0 bridgehead atoms. The van der Waals surface area contributed by atoms with Gasteiger partial charge in [0, 0.05) is 14.2 Å². The van der Waals surface area contributed by atoms with Crippen molar-refractivity contribution in [3.05, 3.63) is 32.1 Å². The van der Waals surface area contributed by atoms with E-state index in [-0.39, 0.29) is 6.42 Å². The highest BCUT2D eigenvalue weighted by Gasteiger charge is 2.07. The highest BCUT2D eigenvalue weighted by Crippen LogP contribution is 2.21. The maximum Gasteiger partial charge on any atom is 0.129 e. The van der Waals surface area contributed by atoms with Gasteiger partial charge in [-0.25, -0.2) is 4.39 Å². The van der Waals surface area contributed by atoms with E-state index in [4.69, 9.17) is 16.9 Å². The summed E-state index contributed by atoms with van der Waals surface area (Å²) in [6, 6.07) is 4.75. The van der Waals surface area contributed by atoms with Gasteiger partial charge >= 0.3 is 0 Å². The fourth-order valence-corrected chi connectivity index (χ4v) is 1.99. The van der Waals surface area contributed by atoms with Crippen LogP contribution in [0.1, 0.15) is 5.56 Å². The molecule has 0 aromatic heterocycles. The molecule has 0 aliphatic carbocycles. The van der Waals surface area contributed by atoms with Crippen LogP contribution in [-0.4, -0.2) is 0 Å². The molecule has 0 saturated heterocycles. The van der Waals surface area contributed by atoms with E-state index in [0.717, 1.165) is 0 Å². The lowest BCUT2D eigenvalue weighted by molar-refractivity contribution is 0.614. The minimum atomic E-state index is -0.409. The van der Waals surface area contributed by atoms with Crippen LogP contribution < -0.4 is 0 Å². The number of nitrogens with zero attached hydrogens (tertiary/aromatic N) is 1. The number of benzene rings is 1. The monoisotopic (exact) mass is 295 g/mol. The summed E-state index contributed by atoms with van der Waals surface area (Å²) in [4.78, 5) is 0. The molecule has 1 aromatic rings. The number of rotatable bonds is 1. The summed E-state index contributed by atoms with van der Waals surface area (Å²) in [6.45, 7) is 0. The van der Waals surface area contributed by atoms with Gasteiger partial charge < -0.3 is 0 Å². The van der Waals surface area contributed by atoms with Gasteiger partial charge in [0.1, 0.15) is 5.82 Å². The summed E-state index contributed by atoms with van der Waals surface area (Å²) in [6.07, 6.45) is 0.0846. The summed E-state index contributed by atoms with van der Waals surface area (Å²) in [7, 11) is 0. The third kappa shape index (κ3) is 2.08. The molecule has 1 rings (SSSR count). The van der Waals surface area contributed by atoms with E-state index in [1.54, 1.807) is 6.07 Å². The molecular weight excluding hydrogens is 291 g/mol. The highest BCUT2D eigenvalue weighted by molar-refractivity contribution is 14.1. The zero-order valence-electron chi connectivity index (χ0n) is 5.94.